The van der Waals surface area contributed by atoms with Gasteiger partial charge in [0.15, 0.2) is 0 Å². The number of rotatable bonds is 5. The second kappa shape index (κ2) is 8.81. The van der Waals surface area contributed by atoms with E-state index in [0.717, 1.165) is 12.5 Å². The van der Waals surface area contributed by atoms with Crippen molar-refractivity contribution in [3.8, 4) is 17.0 Å². The molecule has 35 heavy (non-hydrogen) atoms. The van der Waals surface area contributed by atoms with Crippen LogP contribution in [0, 0.1) is 11.7 Å². The maximum atomic E-state index is 13.5. The lowest BCUT2D eigenvalue weighted by molar-refractivity contribution is 0.0981. The van der Waals surface area contributed by atoms with E-state index in [4.69, 9.17) is 5.73 Å². The van der Waals surface area contributed by atoms with E-state index in [1.54, 1.807) is 0 Å². The lowest BCUT2D eigenvalue weighted by Gasteiger charge is -2.36. The Morgan fingerprint density at radius 3 is 2.63 bits per heavy atom. The maximum absolute atomic E-state index is 13.5. The predicted octanol–water partition coefficient (Wildman–Crippen LogP) is 3.31. The first-order valence-corrected chi connectivity index (χ1v) is 12.5. The molecule has 0 radical (unpaired) electrons. The molecule has 11 heteroatoms. The predicted molar refractivity (Wildman–Crippen MR) is 130 cm³/mol. The molecule has 1 fully saturated rings. The largest absolute Gasteiger partial charge is 0.507 e. The fourth-order valence-electron chi connectivity index (χ4n) is 4.17. The Hall–Kier alpha value is -3.73. The summed E-state index contributed by atoms with van der Waals surface area (Å²) in [5.74, 6) is -1.50. The van der Waals surface area contributed by atoms with Gasteiger partial charge in [-0.15, -0.1) is 0 Å². The van der Waals surface area contributed by atoms with E-state index in [2.05, 4.69) is 21.6 Å². The number of benzene rings is 1. The highest BCUT2D eigenvalue weighted by atomic mass is 32.2. The number of aromatic nitrogens is 2. The molecular formula is C24H26FN5O4S. The van der Waals surface area contributed by atoms with E-state index < -0.39 is 27.3 Å². The van der Waals surface area contributed by atoms with Crippen LogP contribution in [0.3, 0.4) is 0 Å². The highest BCUT2D eigenvalue weighted by molar-refractivity contribution is 7.90. The molecule has 0 saturated carbocycles. The number of phenolic OH excluding ortho intramolecular Hbond substituents is 1. The van der Waals surface area contributed by atoms with Gasteiger partial charge in [-0.2, -0.15) is 0 Å². The number of nitrogens with zero attached hydrogens (tertiary/aromatic N) is 3. The van der Waals surface area contributed by atoms with E-state index in [1.807, 2.05) is 18.7 Å². The lowest BCUT2D eigenvalue weighted by atomic mass is 9.90. The minimum atomic E-state index is -4.31. The van der Waals surface area contributed by atoms with Crippen molar-refractivity contribution < 1.29 is 22.7 Å². The molecule has 3 aromatic rings. The van der Waals surface area contributed by atoms with Crippen LogP contribution in [0.4, 0.5) is 16.0 Å². The third-order valence-corrected chi connectivity index (χ3v) is 7.99. The molecule has 2 aromatic heterocycles. The molecular weight excluding hydrogens is 473 g/mol. The molecule has 0 aliphatic carbocycles. The van der Waals surface area contributed by atoms with Gasteiger partial charge in [0.05, 0.1) is 11.3 Å². The van der Waals surface area contributed by atoms with Crippen molar-refractivity contribution in [1.29, 1.82) is 0 Å². The van der Waals surface area contributed by atoms with Gasteiger partial charge in [-0.05, 0) is 62.6 Å². The summed E-state index contributed by atoms with van der Waals surface area (Å²) in [5, 5.41) is 10.3. The number of phenols is 1. The average molecular weight is 500 g/mol. The smallest absolute Gasteiger partial charge is 0.268 e. The van der Waals surface area contributed by atoms with Gasteiger partial charge in [-0.25, -0.2) is 27.5 Å². The number of halogens is 1. The molecule has 1 atom stereocenters. The fraction of sp³-hybridized carbons (Fsp3) is 0.292. The summed E-state index contributed by atoms with van der Waals surface area (Å²) < 4.78 is 41.3. The standard InChI is InChI=1S/C24H26FN5O4S/c1-14-10-12-30(24(14,2)3)22-17(8-9-18(28-22)16-7-6-15(25)13-19(16)31)23(32)29-35(33,34)20-5-4-11-27-21(20)26/h4-9,11,13-14,31H,10,12H2,1-3H3,(H2,26,27)(H,29,32). The summed E-state index contributed by atoms with van der Waals surface area (Å²) in [7, 11) is -4.31. The maximum Gasteiger partial charge on any atom is 0.268 e. The van der Waals surface area contributed by atoms with E-state index in [9.17, 15) is 22.7 Å². The highest BCUT2D eigenvalue weighted by Crippen LogP contribution is 2.40. The Morgan fingerprint density at radius 2 is 2.00 bits per heavy atom. The second-order valence-electron chi connectivity index (χ2n) is 9.05. The van der Waals surface area contributed by atoms with Gasteiger partial charge in [0.2, 0.25) is 0 Å². The summed E-state index contributed by atoms with van der Waals surface area (Å²) >= 11 is 0. The zero-order valence-electron chi connectivity index (χ0n) is 19.5. The number of carbonyl (C=O) groups excluding carboxylic acids is 1. The molecule has 4 N–H and O–H groups in total. The van der Waals surface area contributed by atoms with E-state index in [-0.39, 0.29) is 39.3 Å². The topological polar surface area (TPSA) is 139 Å². The van der Waals surface area contributed by atoms with Crippen LogP contribution < -0.4 is 15.4 Å². The third kappa shape index (κ3) is 4.51. The molecule has 3 heterocycles. The number of aromatic hydroxyl groups is 1. The van der Waals surface area contributed by atoms with Crippen molar-refractivity contribution in [2.75, 3.05) is 17.2 Å². The third-order valence-electron chi connectivity index (χ3n) is 6.61. The first-order chi connectivity index (χ1) is 16.4. The Kier molecular flexibility index (Phi) is 6.14. The second-order valence-corrected chi connectivity index (χ2v) is 10.7. The molecule has 1 aromatic carbocycles. The van der Waals surface area contributed by atoms with Crippen molar-refractivity contribution in [3.63, 3.8) is 0 Å². The Bertz CT molecular complexity index is 1410. The number of nitrogens with one attached hydrogen (secondary N) is 1. The van der Waals surface area contributed by atoms with Crippen LogP contribution >= 0.6 is 0 Å². The number of hydrogen-bond donors (Lipinski definition) is 3. The minimum Gasteiger partial charge on any atom is -0.507 e. The SMILES string of the molecule is CC1CCN(c2nc(-c3ccc(F)cc3O)ccc2C(=O)NS(=O)(=O)c2cccnc2N)C1(C)C. The Labute approximate surface area is 202 Å². The van der Waals surface area contributed by atoms with E-state index in [0.29, 0.717) is 12.2 Å². The van der Waals surface area contributed by atoms with Crippen molar-refractivity contribution in [1.82, 2.24) is 14.7 Å². The van der Waals surface area contributed by atoms with Crippen molar-refractivity contribution >= 4 is 27.6 Å². The number of pyridine rings is 2. The van der Waals surface area contributed by atoms with Crippen LogP contribution in [0.2, 0.25) is 0 Å². The zero-order valence-corrected chi connectivity index (χ0v) is 20.3. The monoisotopic (exact) mass is 499 g/mol. The van der Waals surface area contributed by atoms with Crippen molar-refractivity contribution in [3.05, 3.63) is 60.0 Å². The van der Waals surface area contributed by atoms with E-state index >= 15 is 0 Å². The summed E-state index contributed by atoms with van der Waals surface area (Å²) in [5.41, 5.74) is 5.93. The van der Waals surface area contributed by atoms with Gasteiger partial charge in [-0.3, -0.25) is 4.79 Å². The normalized spacial score (nSPS) is 17.4. The lowest BCUT2D eigenvalue weighted by Crippen LogP contribution is -2.43. The van der Waals surface area contributed by atoms with Crippen LogP contribution in [0.5, 0.6) is 5.75 Å². The van der Waals surface area contributed by atoms with Gasteiger partial charge < -0.3 is 15.7 Å². The van der Waals surface area contributed by atoms with Crippen molar-refractivity contribution in [2.45, 2.75) is 37.6 Å². The molecule has 1 unspecified atom stereocenters. The molecule has 1 amide bonds. The number of anilines is 2. The molecule has 9 nitrogen and oxygen atoms in total. The number of nitrogen functional groups attached to an aromatic ring is 1. The van der Waals surface area contributed by atoms with Gasteiger partial charge in [0.25, 0.3) is 15.9 Å². The van der Waals surface area contributed by atoms with E-state index in [1.165, 1.54) is 42.6 Å². The summed E-state index contributed by atoms with van der Waals surface area (Å²) in [6.07, 6.45) is 2.19. The Morgan fingerprint density at radius 1 is 1.26 bits per heavy atom. The van der Waals surface area contributed by atoms with Gasteiger partial charge in [0.1, 0.15) is 28.1 Å². The van der Waals surface area contributed by atoms with Gasteiger partial charge in [-0.1, -0.05) is 6.92 Å². The number of nitrogens with two attached hydrogens (primary N) is 1. The number of carbonyl (C=O) groups is 1. The van der Waals surface area contributed by atoms with Gasteiger partial charge >= 0.3 is 0 Å². The molecule has 0 spiro atoms. The first-order valence-electron chi connectivity index (χ1n) is 11.0. The number of sulfonamides is 1. The quantitative estimate of drug-likeness (QED) is 0.486. The number of amides is 1. The molecule has 0 bridgehead atoms. The van der Waals surface area contributed by atoms with Crippen LogP contribution in [0.15, 0.2) is 53.6 Å². The summed E-state index contributed by atoms with van der Waals surface area (Å²) in [4.78, 5) is 23.3. The zero-order chi connectivity index (χ0) is 25.5. The highest BCUT2D eigenvalue weighted by Gasteiger charge is 2.41. The van der Waals surface area contributed by atoms with Crippen LogP contribution in [0.25, 0.3) is 11.3 Å². The Balaban J connectivity index is 1.80. The van der Waals surface area contributed by atoms with Crippen LogP contribution in [-0.2, 0) is 10.0 Å². The summed E-state index contributed by atoms with van der Waals surface area (Å²) in [6.45, 7) is 6.71. The minimum absolute atomic E-state index is 0.0311. The van der Waals surface area contributed by atoms with Crippen LogP contribution in [0.1, 0.15) is 37.6 Å². The number of hydrogen-bond acceptors (Lipinski definition) is 8. The van der Waals surface area contributed by atoms with Crippen LogP contribution in [-0.4, -0.2) is 41.5 Å². The molecule has 1 aliphatic rings. The molecule has 1 saturated heterocycles. The molecule has 4 rings (SSSR count). The molecule has 1 aliphatic heterocycles. The van der Waals surface area contributed by atoms with Gasteiger partial charge in [0, 0.05) is 29.9 Å². The first kappa shape index (κ1) is 24.4. The average Bonchev–Trinajstić information content (AvgIpc) is 3.05. The molecule has 184 valence electrons. The fourth-order valence-corrected chi connectivity index (χ4v) is 5.22. The van der Waals surface area contributed by atoms with Crippen molar-refractivity contribution in [2.24, 2.45) is 5.92 Å². The summed E-state index contributed by atoms with van der Waals surface area (Å²) in [6, 6.07) is 9.14.